The third-order valence-corrected chi connectivity index (χ3v) is 4.61. The molecule has 0 radical (unpaired) electrons. The molecule has 5 heteroatoms. The molecule has 2 aromatic heterocycles. The van der Waals surface area contributed by atoms with E-state index in [9.17, 15) is 4.79 Å². The lowest BCUT2D eigenvalue weighted by Crippen LogP contribution is -2.30. The summed E-state index contributed by atoms with van der Waals surface area (Å²) in [6, 6.07) is 2.36. The maximum atomic E-state index is 12.7. The molecule has 3 heterocycles. The van der Waals surface area contributed by atoms with E-state index in [4.69, 9.17) is 0 Å². The minimum absolute atomic E-state index is 0.110. The van der Waals surface area contributed by atoms with E-state index in [0.717, 1.165) is 30.6 Å². The molecule has 4 nitrogen and oxygen atoms in total. The summed E-state index contributed by atoms with van der Waals surface area (Å²) in [4.78, 5) is 14.7. The predicted molar refractivity (Wildman–Crippen MR) is 75.3 cm³/mol. The highest BCUT2D eigenvalue weighted by atomic mass is 32.1. The van der Waals surface area contributed by atoms with Crippen LogP contribution in [0.5, 0.6) is 0 Å². The molecule has 1 amide bonds. The highest BCUT2D eigenvalue weighted by Gasteiger charge is 2.32. The van der Waals surface area contributed by atoms with Crippen molar-refractivity contribution < 1.29 is 4.79 Å². The average Bonchev–Trinajstić information content (AvgIpc) is 3.11. The van der Waals surface area contributed by atoms with Gasteiger partial charge in [-0.3, -0.25) is 9.48 Å². The molecule has 1 aliphatic heterocycles. The normalized spacial score (nSPS) is 19.1. The van der Waals surface area contributed by atoms with Crippen LogP contribution >= 0.6 is 11.3 Å². The Balaban J connectivity index is 1.89. The van der Waals surface area contributed by atoms with Crippen LogP contribution < -0.4 is 0 Å². The minimum atomic E-state index is 0.110. The third-order valence-electron chi connectivity index (χ3n) is 3.91. The molecule has 2 aromatic rings. The van der Waals surface area contributed by atoms with E-state index in [0.29, 0.717) is 0 Å². The molecule has 1 saturated heterocycles. The zero-order valence-electron chi connectivity index (χ0n) is 11.2. The zero-order chi connectivity index (χ0) is 13.4. The highest BCUT2D eigenvalue weighted by Crippen LogP contribution is 2.34. The topological polar surface area (TPSA) is 38.1 Å². The summed E-state index contributed by atoms with van der Waals surface area (Å²) in [7, 11) is 1.87. The Kier molecular flexibility index (Phi) is 3.14. The summed E-state index contributed by atoms with van der Waals surface area (Å²) in [5.41, 5.74) is 2.92. The number of aryl methyl sites for hydroxylation is 1. The number of thiophene rings is 1. The number of carbonyl (C=O) groups is 1. The van der Waals surface area contributed by atoms with Crippen LogP contribution in [0.3, 0.4) is 0 Å². The Morgan fingerprint density at radius 2 is 2.37 bits per heavy atom. The van der Waals surface area contributed by atoms with Crippen LogP contribution in [0, 0.1) is 6.92 Å². The second kappa shape index (κ2) is 4.81. The van der Waals surface area contributed by atoms with Gasteiger partial charge in [-0.25, -0.2) is 0 Å². The van der Waals surface area contributed by atoms with Gasteiger partial charge in [-0.05, 0) is 42.2 Å². The molecule has 0 spiro atoms. The van der Waals surface area contributed by atoms with E-state index in [1.165, 1.54) is 5.56 Å². The largest absolute Gasteiger partial charge is 0.331 e. The Labute approximate surface area is 116 Å². The van der Waals surface area contributed by atoms with Gasteiger partial charge in [0.05, 0.1) is 17.8 Å². The fraction of sp³-hybridized carbons (Fsp3) is 0.429. The first kappa shape index (κ1) is 12.4. The molecule has 3 rings (SSSR count). The first-order valence-electron chi connectivity index (χ1n) is 6.50. The van der Waals surface area contributed by atoms with Gasteiger partial charge in [-0.1, -0.05) is 0 Å². The van der Waals surface area contributed by atoms with Crippen molar-refractivity contribution >= 4 is 17.2 Å². The SMILES string of the molecule is Cc1c(C(=O)N2CCCC2c2ccsc2)cnn1C. The molecule has 1 aliphatic rings. The molecule has 0 saturated carbocycles. The van der Waals surface area contributed by atoms with Crippen molar-refractivity contribution in [2.24, 2.45) is 7.05 Å². The summed E-state index contributed by atoms with van der Waals surface area (Å²) in [6.45, 7) is 2.78. The van der Waals surface area contributed by atoms with E-state index in [-0.39, 0.29) is 11.9 Å². The van der Waals surface area contributed by atoms with E-state index < -0.39 is 0 Å². The number of likely N-dealkylation sites (tertiary alicyclic amines) is 1. The molecule has 1 fully saturated rings. The fourth-order valence-corrected chi connectivity index (χ4v) is 3.39. The lowest BCUT2D eigenvalue weighted by atomic mass is 10.1. The van der Waals surface area contributed by atoms with Crippen LogP contribution in [0.15, 0.2) is 23.0 Å². The van der Waals surface area contributed by atoms with Crippen LogP contribution in [0.4, 0.5) is 0 Å². The molecular formula is C14H17N3OS. The molecule has 0 aliphatic carbocycles. The van der Waals surface area contributed by atoms with Crippen LogP contribution in [0.25, 0.3) is 0 Å². The second-order valence-corrected chi connectivity index (χ2v) is 5.76. The molecular weight excluding hydrogens is 258 g/mol. The summed E-state index contributed by atoms with van der Waals surface area (Å²) >= 11 is 1.69. The molecule has 0 N–H and O–H groups in total. The van der Waals surface area contributed by atoms with Gasteiger partial charge >= 0.3 is 0 Å². The lowest BCUT2D eigenvalue weighted by Gasteiger charge is -2.24. The highest BCUT2D eigenvalue weighted by molar-refractivity contribution is 7.07. The molecule has 1 unspecified atom stereocenters. The number of hydrogen-bond donors (Lipinski definition) is 0. The fourth-order valence-electron chi connectivity index (χ4n) is 2.68. The number of amides is 1. The van der Waals surface area contributed by atoms with E-state index in [2.05, 4.69) is 21.9 Å². The number of hydrogen-bond acceptors (Lipinski definition) is 3. The van der Waals surface area contributed by atoms with Crippen molar-refractivity contribution in [2.75, 3.05) is 6.54 Å². The van der Waals surface area contributed by atoms with Gasteiger partial charge < -0.3 is 4.90 Å². The van der Waals surface area contributed by atoms with Crippen LogP contribution in [0.2, 0.25) is 0 Å². The van der Waals surface area contributed by atoms with Crippen LogP contribution in [0.1, 0.15) is 40.5 Å². The van der Waals surface area contributed by atoms with Crippen molar-refractivity contribution in [1.82, 2.24) is 14.7 Å². The van der Waals surface area contributed by atoms with Crippen LogP contribution in [-0.4, -0.2) is 27.1 Å². The van der Waals surface area contributed by atoms with Gasteiger partial charge in [0.25, 0.3) is 5.91 Å². The Morgan fingerprint density at radius 1 is 1.53 bits per heavy atom. The summed E-state index contributed by atoms with van der Waals surface area (Å²) < 4.78 is 1.75. The standard InChI is InChI=1S/C14H17N3OS/c1-10-12(8-15-16(10)2)14(18)17-6-3-4-13(17)11-5-7-19-9-11/h5,7-9,13H,3-4,6H2,1-2H3. The van der Waals surface area contributed by atoms with Gasteiger partial charge in [0.2, 0.25) is 0 Å². The summed E-state index contributed by atoms with van der Waals surface area (Å²) in [6.07, 6.45) is 3.81. The third kappa shape index (κ3) is 2.08. The van der Waals surface area contributed by atoms with Gasteiger partial charge in [-0.15, -0.1) is 0 Å². The lowest BCUT2D eigenvalue weighted by molar-refractivity contribution is 0.0735. The first-order valence-corrected chi connectivity index (χ1v) is 7.44. The second-order valence-electron chi connectivity index (χ2n) is 4.98. The van der Waals surface area contributed by atoms with Gasteiger partial charge in [0, 0.05) is 19.3 Å². The van der Waals surface area contributed by atoms with E-state index in [1.54, 1.807) is 22.2 Å². The van der Waals surface area contributed by atoms with Gasteiger partial charge in [0.1, 0.15) is 0 Å². The zero-order valence-corrected chi connectivity index (χ0v) is 12.0. The number of carbonyl (C=O) groups excluding carboxylic acids is 1. The number of nitrogens with zero attached hydrogens (tertiary/aromatic N) is 3. The monoisotopic (exact) mass is 275 g/mol. The van der Waals surface area contributed by atoms with Gasteiger partial charge in [0.15, 0.2) is 0 Å². The van der Waals surface area contributed by atoms with Gasteiger partial charge in [-0.2, -0.15) is 16.4 Å². The van der Waals surface area contributed by atoms with Crippen molar-refractivity contribution in [1.29, 1.82) is 0 Å². The Morgan fingerprint density at radius 3 is 3.00 bits per heavy atom. The average molecular weight is 275 g/mol. The van der Waals surface area contributed by atoms with Crippen molar-refractivity contribution in [2.45, 2.75) is 25.8 Å². The molecule has 0 bridgehead atoms. The molecule has 1 atom stereocenters. The smallest absolute Gasteiger partial charge is 0.257 e. The first-order chi connectivity index (χ1) is 9.18. The minimum Gasteiger partial charge on any atom is -0.331 e. The molecule has 100 valence electrons. The van der Waals surface area contributed by atoms with Crippen molar-refractivity contribution in [3.8, 4) is 0 Å². The predicted octanol–water partition coefficient (Wildman–Crippen LogP) is 2.77. The molecule has 0 aromatic carbocycles. The van der Waals surface area contributed by atoms with Crippen molar-refractivity contribution in [3.63, 3.8) is 0 Å². The van der Waals surface area contributed by atoms with Crippen LogP contribution in [-0.2, 0) is 7.05 Å². The Hall–Kier alpha value is -1.62. The number of aromatic nitrogens is 2. The number of rotatable bonds is 2. The quantitative estimate of drug-likeness (QED) is 0.845. The van der Waals surface area contributed by atoms with Crippen molar-refractivity contribution in [3.05, 3.63) is 39.8 Å². The maximum Gasteiger partial charge on any atom is 0.257 e. The maximum absolute atomic E-state index is 12.7. The molecule has 19 heavy (non-hydrogen) atoms. The van der Waals surface area contributed by atoms with E-state index >= 15 is 0 Å². The van der Waals surface area contributed by atoms with E-state index in [1.807, 2.05) is 18.9 Å². The summed E-state index contributed by atoms with van der Waals surface area (Å²) in [5, 5.41) is 8.39. The summed E-state index contributed by atoms with van der Waals surface area (Å²) in [5.74, 6) is 0.110. The Bertz CT molecular complexity index is 588.